The van der Waals surface area contributed by atoms with Crippen molar-refractivity contribution in [1.29, 1.82) is 0 Å². The number of H-pyrrole nitrogens is 1. The van der Waals surface area contributed by atoms with E-state index in [1.807, 2.05) is 16.8 Å². The summed E-state index contributed by atoms with van der Waals surface area (Å²) in [5.74, 6) is 1.81. The van der Waals surface area contributed by atoms with Gasteiger partial charge in [0.1, 0.15) is 29.7 Å². The van der Waals surface area contributed by atoms with Crippen LogP contribution < -0.4 is 5.73 Å². The van der Waals surface area contributed by atoms with Crippen LogP contribution in [0.25, 0.3) is 22.1 Å². The molecule has 2 aliphatic rings. The Bertz CT molecular complexity index is 1580. The normalized spacial score (nSPS) is 26.6. The number of alkyl halides is 3. The largest absolute Gasteiger partial charge is 0.417 e. The van der Waals surface area contributed by atoms with Crippen LogP contribution in [0.1, 0.15) is 50.5 Å². The SMILES string of the molecule is CC(C)N(CC1CC(Cc2nc3cc(Cl)c(C(F)(F)F)cc3[nH]2)C1)C[C@H]1CC(n2ccc3c(N)ncnc32)C(O)[C@@H]1O. The van der Waals surface area contributed by atoms with Crippen LogP contribution in [-0.2, 0) is 12.6 Å². The summed E-state index contributed by atoms with van der Waals surface area (Å²) in [6, 6.07) is 4.08. The highest BCUT2D eigenvalue weighted by atomic mass is 35.5. The first kappa shape index (κ1) is 29.2. The van der Waals surface area contributed by atoms with Crippen LogP contribution in [0.4, 0.5) is 19.0 Å². The van der Waals surface area contributed by atoms with Gasteiger partial charge in [-0.25, -0.2) is 15.0 Å². The molecule has 0 radical (unpaired) electrons. The number of aromatic amines is 1. The van der Waals surface area contributed by atoms with E-state index in [1.54, 1.807) is 0 Å². The molecule has 1 aromatic carbocycles. The zero-order valence-corrected chi connectivity index (χ0v) is 24.1. The predicted molar refractivity (Wildman–Crippen MR) is 154 cm³/mol. The van der Waals surface area contributed by atoms with Crippen molar-refractivity contribution >= 4 is 39.5 Å². The molecular formula is C29H35ClF3N7O2. The lowest BCUT2D eigenvalue weighted by atomic mass is 9.72. The van der Waals surface area contributed by atoms with Crippen molar-refractivity contribution in [2.75, 3.05) is 18.8 Å². The second kappa shape index (κ2) is 11.0. The highest BCUT2D eigenvalue weighted by molar-refractivity contribution is 6.32. The zero-order chi connectivity index (χ0) is 29.9. The first-order valence-corrected chi connectivity index (χ1v) is 14.7. The fraction of sp³-hybridized carbons (Fsp3) is 0.552. The van der Waals surface area contributed by atoms with Gasteiger partial charge < -0.3 is 30.4 Å². The first-order valence-electron chi connectivity index (χ1n) is 14.3. The quantitative estimate of drug-likeness (QED) is 0.227. The van der Waals surface area contributed by atoms with Crippen LogP contribution in [0.2, 0.25) is 5.02 Å². The summed E-state index contributed by atoms with van der Waals surface area (Å²) < 4.78 is 41.6. The Morgan fingerprint density at radius 2 is 1.88 bits per heavy atom. The number of nitrogen functional groups attached to an aromatic ring is 1. The number of rotatable bonds is 8. The number of aromatic nitrogens is 5. The summed E-state index contributed by atoms with van der Waals surface area (Å²) in [5.41, 5.74) is 6.54. The minimum absolute atomic E-state index is 0.108. The molecule has 5 N–H and O–H groups in total. The van der Waals surface area contributed by atoms with Crippen LogP contribution in [0.3, 0.4) is 0 Å². The van der Waals surface area contributed by atoms with Gasteiger partial charge in [0, 0.05) is 37.7 Å². The number of imidazole rings is 1. The standard InChI is InChI=1S/C29H35ClF3N7O2/c1-14(2)39(12-17-8-23(26(42)25(17)41)40-4-3-18-27(34)35-13-36-28(18)40)11-16-5-15(6-16)7-24-37-21-9-19(29(31,32)33)20(30)10-22(21)38-24/h3-4,9-10,13-17,23,25-26,41-42H,5-8,11-12H2,1-2H3,(H,37,38)(H2,34,35,36)/t15?,16?,17-,23?,25-,26?/m1/s1. The van der Waals surface area contributed by atoms with Crippen molar-refractivity contribution in [3.8, 4) is 0 Å². The van der Waals surface area contributed by atoms with Crippen molar-refractivity contribution in [3.63, 3.8) is 0 Å². The Labute approximate surface area is 245 Å². The van der Waals surface area contributed by atoms with Crippen LogP contribution >= 0.6 is 11.6 Å². The number of benzene rings is 1. The molecule has 0 aliphatic heterocycles. The molecule has 13 heteroatoms. The average Bonchev–Trinajstić information content (AvgIpc) is 3.57. The monoisotopic (exact) mass is 605 g/mol. The first-order chi connectivity index (χ1) is 19.9. The van der Waals surface area contributed by atoms with Gasteiger partial charge >= 0.3 is 6.18 Å². The highest BCUT2D eigenvalue weighted by Crippen LogP contribution is 2.41. The van der Waals surface area contributed by atoms with E-state index in [4.69, 9.17) is 17.3 Å². The fourth-order valence-corrected chi connectivity index (χ4v) is 7.07. The van der Waals surface area contributed by atoms with E-state index < -0.39 is 23.9 Å². The Morgan fingerprint density at radius 3 is 2.60 bits per heavy atom. The van der Waals surface area contributed by atoms with E-state index in [9.17, 15) is 23.4 Å². The van der Waals surface area contributed by atoms with Gasteiger partial charge in [0.25, 0.3) is 0 Å². The summed E-state index contributed by atoms with van der Waals surface area (Å²) in [4.78, 5) is 18.3. The lowest BCUT2D eigenvalue weighted by Gasteiger charge is -2.40. The number of anilines is 1. The van der Waals surface area contributed by atoms with Gasteiger partial charge in [-0.15, -0.1) is 0 Å². The molecule has 2 unspecified atom stereocenters. The summed E-state index contributed by atoms with van der Waals surface area (Å²) in [7, 11) is 0. The van der Waals surface area contributed by atoms with Gasteiger partial charge in [0.15, 0.2) is 0 Å². The Hall–Kier alpha value is -2.93. The minimum Gasteiger partial charge on any atom is -0.390 e. The molecule has 0 spiro atoms. The van der Waals surface area contributed by atoms with Gasteiger partial charge in [0.05, 0.1) is 39.2 Å². The molecular weight excluding hydrogens is 571 g/mol. The van der Waals surface area contributed by atoms with E-state index >= 15 is 0 Å². The van der Waals surface area contributed by atoms with Gasteiger partial charge in [-0.05, 0) is 63.1 Å². The third-order valence-electron chi connectivity index (χ3n) is 9.10. The molecule has 0 amide bonds. The molecule has 42 heavy (non-hydrogen) atoms. The van der Waals surface area contributed by atoms with Crippen LogP contribution in [0, 0.1) is 17.8 Å². The number of aliphatic hydroxyl groups is 2. The van der Waals surface area contributed by atoms with Crippen LogP contribution in [0.15, 0.2) is 30.7 Å². The smallest absolute Gasteiger partial charge is 0.390 e. The van der Waals surface area contributed by atoms with Crippen molar-refractivity contribution in [2.45, 2.75) is 70.0 Å². The Morgan fingerprint density at radius 1 is 1.12 bits per heavy atom. The molecule has 0 saturated heterocycles. The van der Waals surface area contributed by atoms with E-state index in [0.717, 1.165) is 30.8 Å². The molecule has 4 atom stereocenters. The Kier molecular flexibility index (Phi) is 7.61. The Balaban J connectivity index is 1.06. The maximum atomic E-state index is 13.2. The minimum atomic E-state index is -4.52. The van der Waals surface area contributed by atoms with Crippen LogP contribution in [0.5, 0.6) is 0 Å². The number of aliphatic hydroxyl groups excluding tert-OH is 2. The summed E-state index contributed by atoms with van der Waals surface area (Å²) >= 11 is 5.86. The average molecular weight is 606 g/mol. The molecule has 4 aromatic rings. The highest BCUT2D eigenvalue weighted by Gasteiger charge is 2.44. The topological polar surface area (TPSA) is 129 Å². The van der Waals surface area contributed by atoms with Gasteiger partial charge in [-0.3, -0.25) is 0 Å². The molecule has 9 nitrogen and oxygen atoms in total. The predicted octanol–water partition coefficient (Wildman–Crippen LogP) is 4.82. The maximum absolute atomic E-state index is 13.2. The maximum Gasteiger partial charge on any atom is 0.417 e. The van der Waals surface area contributed by atoms with E-state index in [0.29, 0.717) is 59.5 Å². The molecule has 0 bridgehead atoms. The number of hydrogen-bond donors (Lipinski definition) is 4. The van der Waals surface area contributed by atoms with Crippen LogP contribution in [-0.4, -0.2) is 71.0 Å². The zero-order valence-electron chi connectivity index (χ0n) is 23.4. The van der Waals surface area contributed by atoms with Crippen molar-refractivity contribution in [2.24, 2.45) is 17.8 Å². The lowest BCUT2D eigenvalue weighted by Crippen LogP contribution is -2.44. The third-order valence-corrected chi connectivity index (χ3v) is 9.41. The number of halogens is 4. The summed E-state index contributed by atoms with van der Waals surface area (Å²) in [6.45, 7) is 5.81. The molecule has 3 heterocycles. The van der Waals surface area contributed by atoms with Gasteiger partial charge in [-0.1, -0.05) is 11.6 Å². The second-order valence-corrected chi connectivity index (χ2v) is 12.7. The number of nitrogens with zero attached hydrogens (tertiary/aromatic N) is 5. The van der Waals surface area contributed by atoms with Crippen molar-refractivity contribution in [1.82, 2.24) is 29.4 Å². The van der Waals surface area contributed by atoms with Gasteiger partial charge in [0.2, 0.25) is 0 Å². The number of hydrogen-bond acceptors (Lipinski definition) is 7. The fourth-order valence-electron chi connectivity index (χ4n) is 6.80. The number of fused-ring (bicyclic) bond motifs is 2. The third kappa shape index (κ3) is 5.45. The molecule has 3 aromatic heterocycles. The second-order valence-electron chi connectivity index (χ2n) is 12.2. The summed E-state index contributed by atoms with van der Waals surface area (Å²) in [6.07, 6.45) is 0.207. The van der Waals surface area contributed by atoms with E-state index in [2.05, 4.69) is 38.7 Å². The summed E-state index contributed by atoms with van der Waals surface area (Å²) in [5, 5.41) is 22.4. The van der Waals surface area contributed by atoms with Crippen molar-refractivity contribution in [3.05, 3.63) is 47.1 Å². The molecule has 6 rings (SSSR count). The van der Waals surface area contributed by atoms with Crippen molar-refractivity contribution < 1.29 is 23.4 Å². The lowest BCUT2D eigenvalue weighted by molar-refractivity contribution is -0.137. The number of nitrogens with two attached hydrogens (primary N) is 1. The molecule has 2 fully saturated rings. The number of nitrogens with one attached hydrogen (secondary N) is 1. The molecule has 2 saturated carbocycles. The molecule has 2 aliphatic carbocycles. The van der Waals surface area contributed by atoms with Gasteiger partial charge in [-0.2, -0.15) is 13.2 Å². The van der Waals surface area contributed by atoms with E-state index in [1.165, 1.54) is 12.4 Å². The van der Waals surface area contributed by atoms with E-state index in [-0.39, 0.29) is 23.0 Å². The molecule has 226 valence electrons.